The molecule has 0 aliphatic heterocycles. The molecule has 2 N–H and O–H groups in total. The molecule has 7 heteroatoms. The van der Waals surface area contributed by atoms with Gasteiger partial charge < -0.3 is 10.6 Å². The fourth-order valence-corrected chi connectivity index (χ4v) is 3.96. The Morgan fingerprint density at radius 2 is 1.69 bits per heavy atom. The topological polar surface area (TPSA) is 70.6 Å². The Kier molecular flexibility index (Phi) is 7.94. The number of halogens is 1. The third kappa shape index (κ3) is 7.45. The van der Waals surface area contributed by atoms with Gasteiger partial charge >= 0.3 is 0 Å². The lowest BCUT2D eigenvalue weighted by molar-refractivity contribution is 0.591. The van der Waals surface area contributed by atoms with E-state index in [9.17, 15) is 8.42 Å². The van der Waals surface area contributed by atoms with E-state index in [1.807, 2.05) is 54.6 Å². The summed E-state index contributed by atoms with van der Waals surface area (Å²) in [5, 5.41) is 7.03. The summed E-state index contributed by atoms with van der Waals surface area (Å²) in [5.74, 6) is 0.862. The van der Waals surface area contributed by atoms with Crippen LogP contribution in [-0.2, 0) is 22.1 Å². The zero-order chi connectivity index (χ0) is 18.8. The molecule has 2 rings (SSSR count). The van der Waals surface area contributed by atoms with Gasteiger partial charge in [0.1, 0.15) is 0 Å². The van der Waals surface area contributed by atoms with Crippen LogP contribution in [0.2, 0.25) is 5.02 Å². The Hall–Kier alpha value is -2.05. The largest absolute Gasteiger partial charge is 0.356 e. The molecule has 2 aromatic rings. The van der Waals surface area contributed by atoms with Crippen molar-refractivity contribution in [1.82, 2.24) is 10.6 Å². The van der Waals surface area contributed by atoms with Gasteiger partial charge in [-0.3, -0.25) is 4.99 Å². The summed E-state index contributed by atoms with van der Waals surface area (Å²) in [4.78, 5) is 4.14. The summed E-state index contributed by atoms with van der Waals surface area (Å²) >= 11 is 5.87. The Morgan fingerprint density at radius 3 is 2.35 bits per heavy atom. The third-order valence-electron chi connectivity index (χ3n) is 3.75. The first-order valence-electron chi connectivity index (χ1n) is 8.42. The van der Waals surface area contributed by atoms with Crippen molar-refractivity contribution in [3.63, 3.8) is 0 Å². The second-order valence-corrected chi connectivity index (χ2v) is 8.53. The first kappa shape index (κ1) is 20.3. The molecule has 0 bridgehead atoms. The van der Waals surface area contributed by atoms with Crippen LogP contribution in [-0.4, -0.2) is 33.7 Å². The van der Waals surface area contributed by atoms with Gasteiger partial charge in [-0.25, -0.2) is 8.42 Å². The summed E-state index contributed by atoms with van der Waals surface area (Å²) in [6.45, 7) is 1.15. The molecule has 0 heterocycles. The highest BCUT2D eigenvalue weighted by atomic mass is 35.5. The van der Waals surface area contributed by atoms with Crippen LogP contribution in [0, 0.1) is 0 Å². The van der Waals surface area contributed by atoms with E-state index in [0.717, 1.165) is 11.1 Å². The molecule has 0 saturated carbocycles. The van der Waals surface area contributed by atoms with Gasteiger partial charge in [0.25, 0.3) is 0 Å². The smallest absolute Gasteiger partial charge is 0.191 e. The SMILES string of the molecule is CN=C(NCCCS(=O)(=O)Cc1ccccc1)NCc1ccc(Cl)cc1. The Bertz CT molecular complexity index is 806. The summed E-state index contributed by atoms with van der Waals surface area (Å²) in [6.07, 6.45) is 0.525. The van der Waals surface area contributed by atoms with Crippen LogP contribution in [0.1, 0.15) is 17.5 Å². The van der Waals surface area contributed by atoms with E-state index >= 15 is 0 Å². The molecule has 0 fully saturated rings. The monoisotopic (exact) mass is 393 g/mol. The molecule has 0 unspecified atom stereocenters. The Balaban J connectivity index is 1.71. The van der Waals surface area contributed by atoms with Gasteiger partial charge in [-0.05, 0) is 29.7 Å². The molecular weight excluding hydrogens is 370 g/mol. The molecule has 0 amide bonds. The third-order valence-corrected chi connectivity index (χ3v) is 5.69. The lowest BCUT2D eigenvalue weighted by Crippen LogP contribution is -2.37. The first-order chi connectivity index (χ1) is 12.5. The number of nitrogens with zero attached hydrogens (tertiary/aromatic N) is 1. The molecular formula is C19H24ClN3O2S. The number of benzene rings is 2. The number of hydrogen-bond donors (Lipinski definition) is 2. The van der Waals surface area contributed by atoms with Gasteiger partial charge in [-0.1, -0.05) is 54.1 Å². The van der Waals surface area contributed by atoms with Crippen molar-refractivity contribution < 1.29 is 8.42 Å². The van der Waals surface area contributed by atoms with Crippen molar-refractivity contribution >= 4 is 27.4 Å². The Labute approximate surface area is 160 Å². The van der Waals surface area contributed by atoms with Crippen molar-refractivity contribution in [3.05, 3.63) is 70.7 Å². The number of nitrogens with one attached hydrogen (secondary N) is 2. The lowest BCUT2D eigenvalue weighted by Gasteiger charge is -2.12. The molecule has 0 atom stereocenters. The van der Waals surface area contributed by atoms with Gasteiger partial charge in [0, 0.05) is 25.2 Å². The Morgan fingerprint density at radius 1 is 1.00 bits per heavy atom. The summed E-state index contributed by atoms with van der Waals surface area (Å²) in [7, 11) is -1.43. The van der Waals surface area contributed by atoms with E-state index in [1.54, 1.807) is 7.05 Å². The van der Waals surface area contributed by atoms with Crippen LogP contribution in [0.3, 0.4) is 0 Å². The predicted octanol–water partition coefficient (Wildman–Crippen LogP) is 3.01. The van der Waals surface area contributed by atoms with Crippen LogP contribution in [0.25, 0.3) is 0 Å². The number of sulfone groups is 1. The van der Waals surface area contributed by atoms with Crippen LogP contribution in [0.5, 0.6) is 0 Å². The van der Waals surface area contributed by atoms with Crippen molar-refractivity contribution in [2.24, 2.45) is 4.99 Å². The fourth-order valence-electron chi connectivity index (χ4n) is 2.41. The fraction of sp³-hybridized carbons (Fsp3) is 0.316. The average Bonchev–Trinajstić information content (AvgIpc) is 2.63. The van der Waals surface area contributed by atoms with E-state index in [2.05, 4.69) is 15.6 Å². The number of guanidine groups is 1. The van der Waals surface area contributed by atoms with Crippen LogP contribution in [0.15, 0.2) is 59.6 Å². The van der Waals surface area contributed by atoms with Gasteiger partial charge in [-0.2, -0.15) is 0 Å². The predicted molar refractivity (Wildman–Crippen MR) is 108 cm³/mol. The highest BCUT2D eigenvalue weighted by Gasteiger charge is 2.11. The molecule has 26 heavy (non-hydrogen) atoms. The van der Waals surface area contributed by atoms with Gasteiger partial charge in [-0.15, -0.1) is 0 Å². The maximum Gasteiger partial charge on any atom is 0.191 e. The van der Waals surface area contributed by atoms with Crippen molar-refractivity contribution in [2.45, 2.75) is 18.7 Å². The number of aliphatic imine (C=N–C) groups is 1. The lowest BCUT2D eigenvalue weighted by atomic mass is 10.2. The molecule has 0 saturated heterocycles. The molecule has 2 aromatic carbocycles. The highest BCUT2D eigenvalue weighted by Crippen LogP contribution is 2.09. The van der Waals surface area contributed by atoms with Gasteiger partial charge in [0.15, 0.2) is 15.8 Å². The van der Waals surface area contributed by atoms with Crippen molar-refractivity contribution in [2.75, 3.05) is 19.3 Å². The normalized spacial score (nSPS) is 12.0. The zero-order valence-electron chi connectivity index (χ0n) is 14.8. The van der Waals surface area contributed by atoms with Gasteiger partial charge in [0.2, 0.25) is 0 Å². The minimum absolute atomic E-state index is 0.0807. The summed E-state index contributed by atoms with van der Waals surface area (Å²) in [5.41, 5.74) is 1.91. The van der Waals surface area contributed by atoms with Crippen molar-refractivity contribution in [1.29, 1.82) is 0 Å². The maximum atomic E-state index is 12.2. The van der Waals surface area contributed by atoms with E-state index in [1.165, 1.54) is 0 Å². The minimum atomic E-state index is -3.11. The number of hydrogen-bond acceptors (Lipinski definition) is 3. The van der Waals surface area contributed by atoms with E-state index in [4.69, 9.17) is 11.6 Å². The highest BCUT2D eigenvalue weighted by molar-refractivity contribution is 7.90. The molecule has 0 aliphatic carbocycles. The molecule has 5 nitrogen and oxygen atoms in total. The second kappa shape index (κ2) is 10.2. The quantitative estimate of drug-likeness (QED) is 0.411. The standard InChI is InChI=1S/C19H24ClN3O2S/c1-21-19(23-14-16-8-10-18(20)11-9-16)22-12-5-13-26(24,25)15-17-6-3-2-4-7-17/h2-4,6-11H,5,12-15H2,1H3,(H2,21,22,23). The molecule has 0 aliphatic rings. The number of rotatable bonds is 8. The van der Waals surface area contributed by atoms with E-state index in [-0.39, 0.29) is 11.5 Å². The summed E-state index contributed by atoms with van der Waals surface area (Å²) in [6, 6.07) is 16.8. The van der Waals surface area contributed by atoms with Crippen LogP contribution < -0.4 is 10.6 Å². The molecule has 0 radical (unpaired) electrons. The minimum Gasteiger partial charge on any atom is -0.356 e. The van der Waals surface area contributed by atoms with Crippen LogP contribution >= 0.6 is 11.6 Å². The van der Waals surface area contributed by atoms with E-state index in [0.29, 0.717) is 30.5 Å². The zero-order valence-corrected chi connectivity index (χ0v) is 16.4. The molecule has 0 spiro atoms. The van der Waals surface area contributed by atoms with Crippen LogP contribution in [0.4, 0.5) is 0 Å². The van der Waals surface area contributed by atoms with E-state index < -0.39 is 9.84 Å². The molecule has 140 valence electrons. The van der Waals surface area contributed by atoms with Crippen molar-refractivity contribution in [3.8, 4) is 0 Å². The maximum absolute atomic E-state index is 12.2. The summed E-state index contributed by atoms with van der Waals surface area (Å²) < 4.78 is 24.3. The second-order valence-electron chi connectivity index (χ2n) is 5.91. The first-order valence-corrected chi connectivity index (χ1v) is 10.6. The average molecular weight is 394 g/mol. The van der Waals surface area contributed by atoms with Gasteiger partial charge in [0.05, 0.1) is 11.5 Å². The molecule has 0 aromatic heterocycles.